The van der Waals surface area contributed by atoms with Gasteiger partial charge in [0.25, 0.3) is 0 Å². The Labute approximate surface area is 86.1 Å². The van der Waals surface area contributed by atoms with Crippen LogP contribution in [0.4, 0.5) is 0 Å². The summed E-state index contributed by atoms with van der Waals surface area (Å²) in [7, 11) is 0. The van der Waals surface area contributed by atoms with Gasteiger partial charge in [0.05, 0.1) is 0 Å². The van der Waals surface area contributed by atoms with E-state index < -0.39 is 0 Å². The number of aryl methyl sites for hydroxylation is 1. The standard InChI is InChI=1S/C13H18O/c1-9(2)12-8-7-11-10(3)5-4-6-13(11)14-12/h4-6,9,12H,7-8H2,1-3H3. The van der Waals surface area contributed by atoms with E-state index in [1.54, 1.807) is 0 Å². The summed E-state index contributed by atoms with van der Waals surface area (Å²) < 4.78 is 5.97. The van der Waals surface area contributed by atoms with E-state index in [2.05, 4.69) is 39.0 Å². The summed E-state index contributed by atoms with van der Waals surface area (Å²) in [4.78, 5) is 0. The molecule has 1 heteroatoms. The molecule has 1 nitrogen and oxygen atoms in total. The fourth-order valence-electron chi connectivity index (χ4n) is 2.08. The molecular weight excluding hydrogens is 172 g/mol. The molecule has 0 saturated heterocycles. The van der Waals surface area contributed by atoms with Crippen LogP contribution in [-0.4, -0.2) is 6.10 Å². The largest absolute Gasteiger partial charge is 0.490 e. The van der Waals surface area contributed by atoms with Crippen LogP contribution in [-0.2, 0) is 6.42 Å². The summed E-state index contributed by atoms with van der Waals surface area (Å²) in [5.41, 5.74) is 2.77. The van der Waals surface area contributed by atoms with Crippen LogP contribution in [0.5, 0.6) is 5.75 Å². The number of hydrogen-bond acceptors (Lipinski definition) is 1. The lowest BCUT2D eigenvalue weighted by Crippen LogP contribution is -2.28. The minimum Gasteiger partial charge on any atom is -0.490 e. The fourth-order valence-corrected chi connectivity index (χ4v) is 2.08. The second-order valence-electron chi connectivity index (χ2n) is 4.49. The van der Waals surface area contributed by atoms with Gasteiger partial charge >= 0.3 is 0 Å². The Morgan fingerprint density at radius 2 is 2.14 bits per heavy atom. The number of ether oxygens (including phenoxy) is 1. The third-order valence-corrected chi connectivity index (χ3v) is 3.07. The maximum Gasteiger partial charge on any atom is 0.123 e. The van der Waals surface area contributed by atoms with Crippen molar-refractivity contribution in [2.45, 2.75) is 39.7 Å². The van der Waals surface area contributed by atoms with Gasteiger partial charge in [0.1, 0.15) is 11.9 Å². The molecule has 0 N–H and O–H groups in total. The summed E-state index contributed by atoms with van der Waals surface area (Å²) in [6, 6.07) is 6.34. The molecule has 0 aromatic heterocycles. The molecule has 1 aromatic rings. The van der Waals surface area contributed by atoms with Crippen LogP contribution in [0.1, 0.15) is 31.4 Å². The Kier molecular flexibility index (Phi) is 2.49. The maximum atomic E-state index is 5.97. The number of hydrogen-bond donors (Lipinski definition) is 0. The van der Waals surface area contributed by atoms with Gasteiger partial charge in [-0.3, -0.25) is 0 Å². The highest BCUT2D eigenvalue weighted by Crippen LogP contribution is 2.31. The molecule has 1 aliphatic heterocycles. The lowest BCUT2D eigenvalue weighted by Gasteiger charge is -2.29. The first-order valence-corrected chi connectivity index (χ1v) is 5.43. The summed E-state index contributed by atoms with van der Waals surface area (Å²) >= 11 is 0. The van der Waals surface area contributed by atoms with E-state index in [4.69, 9.17) is 4.74 Å². The van der Waals surface area contributed by atoms with Gasteiger partial charge in [0.15, 0.2) is 0 Å². The first-order valence-electron chi connectivity index (χ1n) is 5.43. The predicted molar refractivity (Wildman–Crippen MR) is 58.8 cm³/mol. The molecule has 1 aromatic carbocycles. The minimum absolute atomic E-state index is 0.407. The second-order valence-corrected chi connectivity index (χ2v) is 4.49. The maximum absolute atomic E-state index is 5.97. The van der Waals surface area contributed by atoms with Gasteiger partial charge in [0, 0.05) is 0 Å². The second kappa shape index (κ2) is 3.64. The lowest BCUT2D eigenvalue weighted by molar-refractivity contribution is 0.127. The van der Waals surface area contributed by atoms with Crippen molar-refractivity contribution in [3.05, 3.63) is 29.3 Å². The molecule has 0 aliphatic carbocycles. The third-order valence-electron chi connectivity index (χ3n) is 3.07. The smallest absolute Gasteiger partial charge is 0.123 e. The molecular formula is C13H18O. The van der Waals surface area contributed by atoms with E-state index >= 15 is 0 Å². The van der Waals surface area contributed by atoms with Crippen molar-refractivity contribution < 1.29 is 4.74 Å². The van der Waals surface area contributed by atoms with Gasteiger partial charge in [-0.05, 0) is 42.9 Å². The average Bonchev–Trinajstić information content (AvgIpc) is 2.17. The SMILES string of the molecule is Cc1cccc2c1CCC(C(C)C)O2. The molecule has 2 rings (SSSR count). The molecule has 0 saturated carbocycles. The average molecular weight is 190 g/mol. The normalized spacial score (nSPS) is 20.4. The molecule has 14 heavy (non-hydrogen) atoms. The molecule has 1 heterocycles. The van der Waals surface area contributed by atoms with Crippen molar-refractivity contribution in [2.24, 2.45) is 5.92 Å². The first-order chi connectivity index (χ1) is 6.68. The van der Waals surface area contributed by atoms with Crippen LogP contribution < -0.4 is 4.74 Å². The van der Waals surface area contributed by atoms with E-state index in [1.165, 1.54) is 17.5 Å². The van der Waals surface area contributed by atoms with Crippen LogP contribution in [0, 0.1) is 12.8 Å². The molecule has 76 valence electrons. The topological polar surface area (TPSA) is 9.23 Å². The molecule has 0 spiro atoms. The van der Waals surface area contributed by atoms with Crippen molar-refractivity contribution in [3.8, 4) is 5.75 Å². The minimum atomic E-state index is 0.407. The summed E-state index contributed by atoms with van der Waals surface area (Å²) in [6.07, 6.45) is 2.74. The monoisotopic (exact) mass is 190 g/mol. The van der Waals surface area contributed by atoms with E-state index in [0.29, 0.717) is 12.0 Å². The van der Waals surface area contributed by atoms with Gasteiger partial charge in [-0.25, -0.2) is 0 Å². The summed E-state index contributed by atoms with van der Waals surface area (Å²) in [5, 5.41) is 0. The van der Waals surface area contributed by atoms with Crippen molar-refractivity contribution in [3.63, 3.8) is 0 Å². The van der Waals surface area contributed by atoms with Crippen molar-refractivity contribution in [2.75, 3.05) is 0 Å². The van der Waals surface area contributed by atoms with Crippen LogP contribution in [0.15, 0.2) is 18.2 Å². The fraction of sp³-hybridized carbons (Fsp3) is 0.538. The van der Waals surface area contributed by atoms with Crippen LogP contribution in [0.2, 0.25) is 0 Å². The Morgan fingerprint density at radius 1 is 1.36 bits per heavy atom. The molecule has 0 radical (unpaired) electrons. The molecule has 1 aliphatic rings. The van der Waals surface area contributed by atoms with Gasteiger partial charge in [-0.1, -0.05) is 26.0 Å². The Hall–Kier alpha value is -0.980. The summed E-state index contributed by atoms with van der Waals surface area (Å²) in [6.45, 7) is 6.62. The highest BCUT2D eigenvalue weighted by Gasteiger charge is 2.22. The van der Waals surface area contributed by atoms with Gasteiger partial charge in [-0.2, -0.15) is 0 Å². The van der Waals surface area contributed by atoms with Crippen molar-refractivity contribution >= 4 is 0 Å². The third kappa shape index (κ3) is 1.63. The first kappa shape index (κ1) is 9.57. The van der Waals surface area contributed by atoms with Gasteiger partial charge in [-0.15, -0.1) is 0 Å². The van der Waals surface area contributed by atoms with Gasteiger partial charge < -0.3 is 4.74 Å². The highest BCUT2D eigenvalue weighted by molar-refractivity contribution is 5.41. The molecule has 0 bridgehead atoms. The Balaban J connectivity index is 2.27. The van der Waals surface area contributed by atoms with E-state index in [-0.39, 0.29) is 0 Å². The lowest BCUT2D eigenvalue weighted by atomic mass is 9.93. The van der Waals surface area contributed by atoms with Crippen molar-refractivity contribution in [1.82, 2.24) is 0 Å². The molecule has 1 unspecified atom stereocenters. The van der Waals surface area contributed by atoms with E-state index in [9.17, 15) is 0 Å². The van der Waals surface area contributed by atoms with E-state index in [1.807, 2.05) is 0 Å². The predicted octanol–water partition coefficient (Wildman–Crippen LogP) is 3.34. The molecule has 1 atom stereocenters. The Morgan fingerprint density at radius 3 is 2.86 bits per heavy atom. The molecule has 0 amide bonds. The zero-order valence-corrected chi connectivity index (χ0v) is 9.21. The highest BCUT2D eigenvalue weighted by atomic mass is 16.5. The van der Waals surface area contributed by atoms with Gasteiger partial charge in [0.2, 0.25) is 0 Å². The number of fused-ring (bicyclic) bond motifs is 1. The quantitative estimate of drug-likeness (QED) is 0.660. The number of rotatable bonds is 1. The summed E-state index contributed by atoms with van der Waals surface area (Å²) in [5.74, 6) is 1.72. The zero-order chi connectivity index (χ0) is 10.1. The van der Waals surface area contributed by atoms with E-state index in [0.717, 1.165) is 12.2 Å². The van der Waals surface area contributed by atoms with Crippen LogP contribution in [0.25, 0.3) is 0 Å². The van der Waals surface area contributed by atoms with Crippen LogP contribution in [0.3, 0.4) is 0 Å². The molecule has 0 fully saturated rings. The number of benzene rings is 1. The zero-order valence-electron chi connectivity index (χ0n) is 9.21. The van der Waals surface area contributed by atoms with Crippen LogP contribution >= 0.6 is 0 Å². The van der Waals surface area contributed by atoms with Crippen molar-refractivity contribution in [1.29, 1.82) is 0 Å². The Bertz CT molecular complexity index is 328.